The highest BCUT2D eigenvalue weighted by atomic mass is 32.1. The van der Waals surface area contributed by atoms with E-state index in [2.05, 4.69) is 93.6 Å². The third-order valence-corrected chi connectivity index (χ3v) is 7.66. The minimum Gasteiger partial charge on any atom is -0.134 e. The molecule has 0 unspecified atom stereocenters. The molecule has 2 heterocycles. The molecule has 5 rings (SSSR count). The van der Waals surface area contributed by atoms with Gasteiger partial charge in [-0.1, -0.05) is 62.4 Å². The zero-order chi connectivity index (χ0) is 19.3. The Morgan fingerprint density at radius 1 is 0.750 bits per heavy atom. The van der Waals surface area contributed by atoms with Gasteiger partial charge in [-0.25, -0.2) is 0 Å². The summed E-state index contributed by atoms with van der Waals surface area (Å²) < 4.78 is 5.62. The lowest BCUT2D eigenvalue weighted by molar-refractivity contribution is 0.836. The van der Waals surface area contributed by atoms with Crippen LogP contribution in [0.15, 0.2) is 60.7 Å². The van der Waals surface area contributed by atoms with Gasteiger partial charge in [0.15, 0.2) is 0 Å². The van der Waals surface area contributed by atoms with Crippen LogP contribution in [0.1, 0.15) is 31.9 Å². The zero-order valence-corrected chi connectivity index (χ0v) is 18.0. The second-order valence-electron chi connectivity index (χ2n) is 7.64. The molecule has 0 atom stereocenters. The van der Waals surface area contributed by atoms with E-state index in [0.717, 1.165) is 0 Å². The lowest BCUT2D eigenvalue weighted by Crippen LogP contribution is -1.83. The van der Waals surface area contributed by atoms with Gasteiger partial charge in [0.05, 0.1) is 9.40 Å². The molecule has 0 radical (unpaired) electrons. The fourth-order valence-electron chi connectivity index (χ4n) is 3.79. The molecule has 0 bridgehead atoms. The Morgan fingerprint density at radius 3 is 2.04 bits per heavy atom. The largest absolute Gasteiger partial charge is 0.134 e. The molecule has 0 saturated carbocycles. The van der Waals surface area contributed by atoms with E-state index in [1.807, 2.05) is 22.7 Å². The number of hydrogen-bond acceptors (Lipinski definition) is 2. The fourth-order valence-corrected chi connectivity index (χ4v) is 6.48. The summed E-state index contributed by atoms with van der Waals surface area (Å²) in [5.41, 5.74) is 2.61. The Labute approximate surface area is 173 Å². The molecule has 0 spiro atoms. The smallest absolute Gasteiger partial charge is 0.0542 e. The summed E-state index contributed by atoms with van der Waals surface area (Å²) in [6, 6.07) is 18.1. The molecule has 0 saturated heterocycles. The summed E-state index contributed by atoms with van der Waals surface area (Å²) in [6.07, 6.45) is 8.92. The van der Waals surface area contributed by atoms with E-state index >= 15 is 0 Å². The van der Waals surface area contributed by atoms with Gasteiger partial charge in [0, 0.05) is 20.2 Å². The Hall–Kier alpha value is -2.42. The molecular weight excluding hydrogens is 376 g/mol. The van der Waals surface area contributed by atoms with Gasteiger partial charge in [0.2, 0.25) is 0 Å². The van der Waals surface area contributed by atoms with Crippen molar-refractivity contribution in [3.8, 4) is 0 Å². The Kier molecular flexibility index (Phi) is 4.34. The number of hydrogen-bond donors (Lipinski definition) is 0. The van der Waals surface area contributed by atoms with Crippen molar-refractivity contribution in [2.24, 2.45) is 5.92 Å². The predicted octanol–water partition coefficient (Wildman–Crippen LogP) is 9.12. The van der Waals surface area contributed by atoms with Crippen LogP contribution in [0.4, 0.5) is 0 Å². The third kappa shape index (κ3) is 2.88. The van der Waals surface area contributed by atoms with Crippen molar-refractivity contribution >= 4 is 75.2 Å². The summed E-state index contributed by atoms with van der Waals surface area (Å²) in [5, 5.41) is 5.43. The second-order valence-corrected chi connectivity index (χ2v) is 9.74. The average molecular weight is 399 g/mol. The van der Waals surface area contributed by atoms with Gasteiger partial charge in [-0.3, -0.25) is 0 Å². The van der Waals surface area contributed by atoms with Crippen LogP contribution in [0.5, 0.6) is 0 Å². The number of rotatable bonds is 3. The lowest BCUT2D eigenvalue weighted by Gasteiger charge is -2.03. The van der Waals surface area contributed by atoms with E-state index in [1.165, 1.54) is 51.5 Å². The van der Waals surface area contributed by atoms with E-state index in [-0.39, 0.29) is 0 Å². The zero-order valence-electron chi connectivity index (χ0n) is 16.3. The maximum atomic E-state index is 2.38. The highest BCUT2D eigenvalue weighted by Gasteiger charge is 2.14. The second kappa shape index (κ2) is 6.88. The van der Waals surface area contributed by atoms with Crippen molar-refractivity contribution in [2.75, 3.05) is 0 Å². The number of fused-ring (bicyclic) bond motifs is 6. The van der Waals surface area contributed by atoms with Crippen molar-refractivity contribution in [3.05, 3.63) is 71.8 Å². The van der Waals surface area contributed by atoms with E-state index in [9.17, 15) is 0 Å². The van der Waals surface area contributed by atoms with E-state index in [1.54, 1.807) is 0 Å². The Morgan fingerprint density at radius 2 is 1.36 bits per heavy atom. The molecule has 2 aromatic heterocycles. The van der Waals surface area contributed by atoms with Gasteiger partial charge < -0.3 is 0 Å². The maximum absolute atomic E-state index is 2.38. The molecule has 5 aromatic rings. The minimum atomic E-state index is 0.554. The molecule has 0 aliphatic heterocycles. The van der Waals surface area contributed by atoms with Gasteiger partial charge in [0.25, 0.3) is 0 Å². The van der Waals surface area contributed by atoms with Gasteiger partial charge in [-0.05, 0) is 59.0 Å². The van der Waals surface area contributed by atoms with Crippen LogP contribution < -0.4 is 0 Å². The quantitative estimate of drug-likeness (QED) is 0.284. The molecule has 0 fully saturated rings. The predicted molar refractivity (Wildman–Crippen MR) is 131 cm³/mol. The van der Waals surface area contributed by atoms with Crippen molar-refractivity contribution in [3.63, 3.8) is 0 Å². The highest BCUT2D eigenvalue weighted by molar-refractivity contribution is 7.36. The monoisotopic (exact) mass is 398 g/mol. The first kappa shape index (κ1) is 17.7. The Balaban J connectivity index is 1.81. The fraction of sp³-hybridized carbons (Fsp3) is 0.154. The molecule has 0 aliphatic rings. The van der Waals surface area contributed by atoms with Crippen molar-refractivity contribution in [2.45, 2.75) is 20.8 Å². The van der Waals surface area contributed by atoms with Crippen molar-refractivity contribution in [1.82, 2.24) is 0 Å². The lowest BCUT2D eigenvalue weighted by atomic mass is 10.0. The first-order chi connectivity index (χ1) is 13.6. The SMILES string of the molecule is C/C=C\c1cc2c(cc1/C=C\C(C)C)sc1c3cc4ccccc4cc3sc21. The van der Waals surface area contributed by atoms with Gasteiger partial charge in [-0.2, -0.15) is 0 Å². The summed E-state index contributed by atoms with van der Waals surface area (Å²) >= 11 is 3.87. The summed E-state index contributed by atoms with van der Waals surface area (Å²) in [5.74, 6) is 0.554. The Bertz CT molecular complexity index is 1390. The summed E-state index contributed by atoms with van der Waals surface area (Å²) in [6.45, 7) is 6.54. The molecule has 138 valence electrons. The summed E-state index contributed by atoms with van der Waals surface area (Å²) in [4.78, 5) is 0. The molecule has 0 aliphatic carbocycles. The average Bonchev–Trinajstić information content (AvgIpc) is 3.20. The normalized spacial score (nSPS) is 12.9. The maximum Gasteiger partial charge on any atom is 0.0542 e. The third-order valence-electron chi connectivity index (χ3n) is 5.16. The van der Waals surface area contributed by atoms with Gasteiger partial charge in [0.1, 0.15) is 0 Å². The van der Waals surface area contributed by atoms with E-state index < -0.39 is 0 Å². The first-order valence-electron chi connectivity index (χ1n) is 9.76. The van der Waals surface area contributed by atoms with Crippen LogP contribution in [0, 0.1) is 5.92 Å². The van der Waals surface area contributed by atoms with Gasteiger partial charge >= 0.3 is 0 Å². The molecule has 3 aromatic carbocycles. The van der Waals surface area contributed by atoms with Crippen LogP contribution in [-0.4, -0.2) is 0 Å². The van der Waals surface area contributed by atoms with E-state index in [0.29, 0.717) is 5.92 Å². The van der Waals surface area contributed by atoms with Crippen LogP contribution in [-0.2, 0) is 0 Å². The van der Waals surface area contributed by atoms with Crippen molar-refractivity contribution < 1.29 is 0 Å². The van der Waals surface area contributed by atoms with Crippen LogP contribution in [0.25, 0.3) is 52.5 Å². The minimum absolute atomic E-state index is 0.554. The first-order valence-corrected chi connectivity index (χ1v) is 11.4. The van der Waals surface area contributed by atoms with Crippen LogP contribution >= 0.6 is 22.7 Å². The standard InChI is InChI=1S/C26H22S2/c1-4-7-17-12-21-24(15-20(17)11-10-16(2)3)28-26-22-13-18-8-5-6-9-19(18)14-23(22)27-25(21)26/h4-16H,1-3H3/b7-4-,11-10-. The molecule has 0 amide bonds. The molecule has 0 N–H and O–H groups in total. The number of thiophene rings is 2. The topological polar surface area (TPSA) is 0 Å². The van der Waals surface area contributed by atoms with Crippen LogP contribution in [0.3, 0.4) is 0 Å². The molecule has 2 heteroatoms. The van der Waals surface area contributed by atoms with Crippen molar-refractivity contribution in [1.29, 1.82) is 0 Å². The van der Waals surface area contributed by atoms with E-state index in [4.69, 9.17) is 0 Å². The molecular formula is C26H22S2. The van der Waals surface area contributed by atoms with Crippen LogP contribution in [0.2, 0.25) is 0 Å². The molecule has 0 nitrogen and oxygen atoms in total. The highest BCUT2D eigenvalue weighted by Crippen LogP contribution is 2.46. The number of allylic oxidation sites excluding steroid dienone is 2. The molecule has 28 heavy (non-hydrogen) atoms. The summed E-state index contributed by atoms with van der Waals surface area (Å²) in [7, 11) is 0. The number of benzene rings is 3. The van der Waals surface area contributed by atoms with Gasteiger partial charge in [-0.15, -0.1) is 22.7 Å².